The van der Waals surface area contributed by atoms with E-state index in [4.69, 9.17) is 10.5 Å². The number of rotatable bonds is 4. The van der Waals surface area contributed by atoms with Gasteiger partial charge in [0.15, 0.2) is 0 Å². The maximum Gasteiger partial charge on any atom is 0.136 e. The molecule has 94 valence electrons. The van der Waals surface area contributed by atoms with Crippen LogP contribution in [-0.2, 0) is 0 Å². The van der Waals surface area contributed by atoms with Crippen molar-refractivity contribution >= 4 is 17.3 Å². The fourth-order valence-electron chi connectivity index (χ4n) is 1.60. The monoisotopic (exact) mass is 244 g/mol. The standard InChI is InChI=1S/C13H16N4O/c1-3-18-11-6-4-10(5-7-11)17-13-8-12(14)15-9(2)16-13/h4-8H,3H2,1-2H3,(H3,14,15,16,17). The fourth-order valence-corrected chi connectivity index (χ4v) is 1.60. The predicted octanol–water partition coefficient (Wildman–Crippen LogP) is 2.51. The summed E-state index contributed by atoms with van der Waals surface area (Å²) in [5.74, 6) is 2.63. The zero-order chi connectivity index (χ0) is 13.0. The number of aromatic nitrogens is 2. The Morgan fingerprint density at radius 2 is 1.94 bits per heavy atom. The molecule has 2 aromatic rings. The van der Waals surface area contributed by atoms with Crippen molar-refractivity contribution in [2.75, 3.05) is 17.7 Å². The van der Waals surface area contributed by atoms with Crippen LogP contribution < -0.4 is 15.8 Å². The lowest BCUT2D eigenvalue weighted by Gasteiger charge is -2.08. The molecule has 0 radical (unpaired) electrons. The van der Waals surface area contributed by atoms with E-state index in [-0.39, 0.29) is 0 Å². The van der Waals surface area contributed by atoms with Crippen molar-refractivity contribution in [3.05, 3.63) is 36.2 Å². The first kappa shape index (κ1) is 12.2. The van der Waals surface area contributed by atoms with E-state index >= 15 is 0 Å². The summed E-state index contributed by atoms with van der Waals surface area (Å²) in [5, 5.41) is 3.17. The van der Waals surface area contributed by atoms with Gasteiger partial charge in [-0.2, -0.15) is 0 Å². The van der Waals surface area contributed by atoms with Crippen LogP contribution in [-0.4, -0.2) is 16.6 Å². The fraction of sp³-hybridized carbons (Fsp3) is 0.231. The van der Waals surface area contributed by atoms with Crippen LogP contribution in [0.2, 0.25) is 0 Å². The molecule has 2 rings (SSSR count). The molecule has 0 aliphatic heterocycles. The molecule has 1 aromatic carbocycles. The lowest BCUT2D eigenvalue weighted by atomic mass is 10.3. The molecule has 5 heteroatoms. The van der Waals surface area contributed by atoms with Crippen molar-refractivity contribution in [1.29, 1.82) is 0 Å². The Kier molecular flexibility index (Phi) is 3.62. The number of benzene rings is 1. The number of aryl methyl sites for hydroxylation is 1. The van der Waals surface area contributed by atoms with Crippen molar-refractivity contribution < 1.29 is 4.74 Å². The van der Waals surface area contributed by atoms with Gasteiger partial charge >= 0.3 is 0 Å². The second-order valence-corrected chi connectivity index (χ2v) is 3.81. The van der Waals surface area contributed by atoms with Gasteiger partial charge < -0.3 is 15.8 Å². The van der Waals surface area contributed by atoms with E-state index in [1.54, 1.807) is 13.0 Å². The Balaban J connectivity index is 2.13. The lowest BCUT2D eigenvalue weighted by Crippen LogP contribution is -2.00. The molecule has 0 saturated carbocycles. The number of nitrogens with zero attached hydrogens (tertiary/aromatic N) is 2. The number of anilines is 3. The molecule has 5 nitrogen and oxygen atoms in total. The van der Waals surface area contributed by atoms with Gasteiger partial charge in [0.25, 0.3) is 0 Å². The quantitative estimate of drug-likeness (QED) is 0.864. The van der Waals surface area contributed by atoms with Gasteiger partial charge in [-0.1, -0.05) is 0 Å². The SMILES string of the molecule is CCOc1ccc(Nc2cc(N)nc(C)n2)cc1. The number of nitrogens with one attached hydrogen (secondary N) is 1. The molecule has 0 amide bonds. The number of nitrogen functional groups attached to an aromatic ring is 1. The highest BCUT2D eigenvalue weighted by molar-refractivity contribution is 5.59. The Hall–Kier alpha value is -2.30. The van der Waals surface area contributed by atoms with Crippen LogP contribution in [0.1, 0.15) is 12.7 Å². The first-order valence-corrected chi connectivity index (χ1v) is 5.78. The highest BCUT2D eigenvalue weighted by Gasteiger charge is 2.00. The average Bonchev–Trinajstić information content (AvgIpc) is 2.31. The summed E-state index contributed by atoms with van der Waals surface area (Å²) in [6.45, 7) is 4.42. The van der Waals surface area contributed by atoms with Gasteiger partial charge in [0.1, 0.15) is 23.2 Å². The molecule has 1 aromatic heterocycles. The third kappa shape index (κ3) is 3.10. The largest absolute Gasteiger partial charge is 0.494 e. The van der Waals surface area contributed by atoms with Crippen molar-refractivity contribution in [2.24, 2.45) is 0 Å². The topological polar surface area (TPSA) is 73.1 Å². The van der Waals surface area contributed by atoms with E-state index < -0.39 is 0 Å². The number of nitrogens with two attached hydrogens (primary N) is 1. The van der Waals surface area contributed by atoms with Crippen LogP contribution in [0, 0.1) is 6.92 Å². The Labute approximate surface area is 106 Å². The zero-order valence-electron chi connectivity index (χ0n) is 10.5. The van der Waals surface area contributed by atoms with E-state index in [9.17, 15) is 0 Å². The summed E-state index contributed by atoms with van der Waals surface area (Å²) < 4.78 is 5.38. The molecule has 0 saturated heterocycles. The van der Waals surface area contributed by atoms with Gasteiger partial charge in [0, 0.05) is 11.8 Å². The summed E-state index contributed by atoms with van der Waals surface area (Å²) in [5.41, 5.74) is 6.59. The zero-order valence-corrected chi connectivity index (χ0v) is 10.5. The van der Waals surface area contributed by atoms with E-state index in [1.165, 1.54) is 0 Å². The Morgan fingerprint density at radius 3 is 2.56 bits per heavy atom. The summed E-state index contributed by atoms with van der Waals surface area (Å²) >= 11 is 0. The van der Waals surface area contributed by atoms with Crippen LogP contribution >= 0.6 is 0 Å². The maximum absolute atomic E-state index is 5.67. The lowest BCUT2D eigenvalue weighted by molar-refractivity contribution is 0.340. The number of ether oxygens (including phenoxy) is 1. The molecule has 0 fully saturated rings. The molecule has 0 spiro atoms. The molecule has 1 heterocycles. The normalized spacial score (nSPS) is 10.1. The van der Waals surface area contributed by atoms with Gasteiger partial charge in [-0.3, -0.25) is 0 Å². The van der Waals surface area contributed by atoms with Crippen molar-refractivity contribution in [3.8, 4) is 5.75 Å². The average molecular weight is 244 g/mol. The van der Waals surface area contributed by atoms with E-state index in [1.807, 2.05) is 31.2 Å². The van der Waals surface area contributed by atoms with E-state index in [2.05, 4.69) is 15.3 Å². The summed E-state index contributed by atoms with van der Waals surface area (Å²) in [4.78, 5) is 8.28. The van der Waals surface area contributed by atoms with E-state index in [0.29, 0.717) is 24.1 Å². The summed E-state index contributed by atoms with van der Waals surface area (Å²) in [7, 11) is 0. The summed E-state index contributed by atoms with van der Waals surface area (Å²) in [6, 6.07) is 9.37. The third-order valence-corrected chi connectivity index (χ3v) is 2.30. The molecule has 0 aliphatic carbocycles. The molecular formula is C13H16N4O. The Bertz CT molecular complexity index is 505. The van der Waals surface area contributed by atoms with Crippen LogP contribution in [0.15, 0.2) is 30.3 Å². The minimum Gasteiger partial charge on any atom is -0.494 e. The first-order valence-electron chi connectivity index (χ1n) is 5.78. The minimum absolute atomic E-state index is 0.455. The smallest absolute Gasteiger partial charge is 0.136 e. The second kappa shape index (κ2) is 5.35. The van der Waals surface area contributed by atoms with Gasteiger partial charge in [-0.25, -0.2) is 9.97 Å². The van der Waals surface area contributed by atoms with Crippen molar-refractivity contribution in [3.63, 3.8) is 0 Å². The van der Waals surface area contributed by atoms with Gasteiger partial charge in [-0.05, 0) is 38.1 Å². The van der Waals surface area contributed by atoms with Crippen molar-refractivity contribution in [1.82, 2.24) is 9.97 Å². The van der Waals surface area contributed by atoms with Gasteiger partial charge in [0.2, 0.25) is 0 Å². The molecule has 3 N–H and O–H groups in total. The molecular weight excluding hydrogens is 228 g/mol. The summed E-state index contributed by atoms with van der Waals surface area (Å²) in [6.07, 6.45) is 0. The predicted molar refractivity (Wildman–Crippen MR) is 72.1 cm³/mol. The molecule has 0 bridgehead atoms. The molecule has 18 heavy (non-hydrogen) atoms. The number of hydrogen-bond acceptors (Lipinski definition) is 5. The van der Waals surface area contributed by atoms with Gasteiger partial charge in [-0.15, -0.1) is 0 Å². The highest BCUT2D eigenvalue weighted by atomic mass is 16.5. The van der Waals surface area contributed by atoms with Crippen LogP contribution in [0.25, 0.3) is 0 Å². The van der Waals surface area contributed by atoms with Crippen LogP contribution in [0.3, 0.4) is 0 Å². The van der Waals surface area contributed by atoms with Crippen LogP contribution in [0.4, 0.5) is 17.3 Å². The van der Waals surface area contributed by atoms with Crippen LogP contribution in [0.5, 0.6) is 5.75 Å². The van der Waals surface area contributed by atoms with Crippen molar-refractivity contribution in [2.45, 2.75) is 13.8 Å². The minimum atomic E-state index is 0.455. The first-order chi connectivity index (χ1) is 8.67. The second-order valence-electron chi connectivity index (χ2n) is 3.81. The Morgan fingerprint density at radius 1 is 1.22 bits per heavy atom. The van der Waals surface area contributed by atoms with Gasteiger partial charge in [0.05, 0.1) is 6.61 Å². The third-order valence-electron chi connectivity index (χ3n) is 2.30. The highest BCUT2D eigenvalue weighted by Crippen LogP contribution is 2.19. The molecule has 0 atom stereocenters. The molecule has 0 unspecified atom stereocenters. The maximum atomic E-state index is 5.67. The number of hydrogen-bond donors (Lipinski definition) is 2. The van der Waals surface area contributed by atoms with E-state index in [0.717, 1.165) is 11.4 Å². The molecule has 0 aliphatic rings.